The summed E-state index contributed by atoms with van der Waals surface area (Å²) in [6.07, 6.45) is 0.921. The zero-order valence-electron chi connectivity index (χ0n) is 18.4. The first-order valence-electron chi connectivity index (χ1n) is 10.9. The Kier molecular flexibility index (Phi) is 6.83. The molecule has 3 aromatic carbocycles. The Morgan fingerprint density at radius 3 is 2.69 bits per heavy atom. The van der Waals surface area contributed by atoms with Crippen LogP contribution in [-0.2, 0) is 9.53 Å². The lowest BCUT2D eigenvalue weighted by molar-refractivity contribution is -0.112. The fourth-order valence-electron chi connectivity index (χ4n) is 3.87. The Labute approximate surface area is 187 Å². The van der Waals surface area contributed by atoms with Gasteiger partial charge in [0.15, 0.2) is 0 Å². The van der Waals surface area contributed by atoms with Crippen molar-refractivity contribution in [3.05, 3.63) is 71.3 Å². The van der Waals surface area contributed by atoms with Gasteiger partial charge in [0.05, 0.1) is 19.3 Å². The number of carbonyl (C=O) groups excluding carboxylic acids is 2. The highest BCUT2D eigenvalue weighted by molar-refractivity contribution is 6.48. The highest BCUT2D eigenvalue weighted by Crippen LogP contribution is 2.29. The minimum Gasteiger partial charge on any atom is -0.493 e. The number of amides is 1. The van der Waals surface area contributed by atoms with Crippen LogP contribution in [0.15, 0.2) is 54.6 Å². The molecule has 1 aliphatic rings. The zero-order chi connectivity index (χ0) is 22.5. The highest BCUT2D eigenvalue weighted by atomic mass is 16.5. The number of nitrogens with one attached hydrogen (secondary N) is 2. The number of morpholine rings is 1. The standard InChI is InChI=1S/C26H28N2O4/c1-17-7-8-18(2)23(15-17)28-26(30)25(29)22-9-10-24(21-6-4-3-5-20(21)22)32-13-11-19-16-27-12-14-31-19/h3-10,15,19,27H,11-14,16H2,1-2H3,(H,28,30). The molecule has 0 aromatic heterocycles. The van der Waals surface area contributed by atoms with Crippen molar-refractivity contribution in [3.63, 3.8) is 0 Å². The van der Waals surface area contributed by atoms with E-state index in [-0.39, 0.29) is 6.10 Å². The molecular weight excluding hydrogens is 404 g/mol. The molecule has 1 amide bonds. The second-order valence-corrected chi connectivity index (χ2v) is 8.09. The predicted octanol–water partition coefficient (Wildman–Crippen LogP) is 4.04. The maximum atomic E-state index is 13.0. The van der Waals surface area contributed by atoms with Gasteiger partial charge in [0.2, 0.25) is 0 Å². The molecule has 1 unspecified atom stereocenters. The number of ether oxygens (including phenoxy) is 2. The molecule has 0 radical (unpaired) electrons. The van der Waals surface area contributed by atoms with Gasteiger partial charge < -0.3 is 20.1 Å². The molecular formula is C26H28N2O4. The number of Topliss-reactive ketones (excluding diaryl/α,β-unsaturated/α-hetero) is 1. The first-order chi connectivity index (χ1) is 15.5. The van der Waals surface area contributed by atoms with Gasteiger partial charge in [-0.05, 0) is 48.6 Å². The lowest BCUT2D eigenvalue weighted by Gasteiger charge is -2.23. The normalized spacial score (nSPS) is 16.0. The van der Waals surface area contributed by atoms with E-state index in [0.717, 1.165) is 36.0 Å². The van der Waals surface area contributed by atoms with Crippen molar-refractivity contribution >= 4 is 28.2 Å². The Bertz CT molecular complexity index is 1140. The van der Waals surface area contributed by atoms with Crippen molar-refractivity contribution in [1.82, 2.24) is 5.32 Å². The average Bonchev–Trinajstić information content (AvgIpc) is 2.81. The van der Waals surface area contributed by atoms with Crippen LogP contribution in [-0.4, -0.2) is 44.1 Å². The van der Waals surface area contributed by atoms with E-state index < -0.39 is 11.7 Å². The number of benzene rings is 3. The predicted molar refractivity (Wildman–Crippen MR) is 126 cm³/mol. The summed E-state index contributed by atoms with van der Waals surface area (Å²) in [5.41, 5.74) is 2.92. The molecule has 1 saturated heterocycles. The number of fused-ring (bicyclic) bond motifs is 1. The van der Waals surface area contributed by atoms with Crippen molar-refractivity contribution in [3.8, 4) is 5.75 Å². The number of hydrogen-bond acceptors (Lipinski definition) is 5. The molecule has 0 saturated carbocycles. The van der Waals surface area contributed by atoms with Crippen LogP contribution in [0.5, 0.6) is 5.75 Å². The maximum Gasteiger partial charge on any atom is 0.296 e. The lowest BCUT2D eigenvalue weighted by Crippen LogP contribution is -2.39. The smallest absolute Gasteiger partial charge is 0.296 e. The van der Waals surface area contributed by atoms with Gasteiger partial charge in [-0.25, -0.2) is 0 Å². The van der Waals surface area contributed by atoms with Gasteiger partial charge >= 0.3 is 0 Å². The molecule has 3 aromatic rings. The van der Waals surface area contributed by atoms with Crippen molar-refractivity contribution < 1.29 is 19.1 Å². The molecule has 0 aliphatic carbocycles. The van der Waals surface area contributed by atoms with Crippen LogP contribution in [0.25, 0.3) is 10.8 Å². The summed E-state index contributed by atoms with van der Waals surface area (Å²) in [5, 5.41) is 7.57. The Morgan fingerprint density at radius 2 is 1.91 bits per heavy atom. The first-order valence-corrected chi connectivity index (χ1v) is 10.9. The highest BCUT2D eigenvalue weighted by Gasteiger charge is 2.21. The van der Waals surface area contributed by atoms with E-state index in [2.05, 4.69) is 10.6 Å². The third kappa shape index (κ3) is 4.98. The lowest BCUT2D eigenvalue weighted by atomic mass is 10.00. The maximum absolute atomic E-state index is 13.0. The van der Waals surface area contributed by atoms with E-state index in [0.29, 0.717) is 35.6 Å². The monoisotopic (exact) mass is 432 g/mol. The minimum absolute atomic E-state index is 0.143. The quantitative estimate of drug-likeness (QED) is 0.435. The van der Waals surface area contributed by atoms with E-state index in [1.807, 2.05) is 56.3 Å². The van der Waals surface area contributed by atoms with Crippen LogP contribution in [0.2, 0.25) is 0 Å². The van der Waals surface area contributed by atoms with Crippen LogP contribution in [0.3, 0.4) is 0 Å². The number of anilines is 1. The molecule has 6 nitrogen and oxygen atoms in total. The molecule has 1 heterocycles. The SMILES string of the molecule is Cc1ccc(C)c(NC(=O)C(=O)c2ccc(OCCC3CNCCO3)c3ccccc23)c1. The van der Waals surface area contributed by atoms with Crippen LogP contribution >= 0.6 is 0 Å². The molecule has 0 bridgehead atoms. The van der Waals surface area contributed by atoms with Gasteiger partial charge in [-0.1, -0.05) is 36.4 Å². The zero-order valence-corrected chi connectivity index (χ0v) is 18.4. The molecule has 1 atom stereocenters. The Hall–Kier alpha value is -3.22. The van der Waals surface area contributed by atoms with Crippen molar-refractivity contribution in [2.24, 2.45) is 0 Å². The Balaban J connectivity index is 1.51. The van der Waals surface area contributed by atoms with Gasteiger partial charge in [-0.3, -0.25) is 9.59 Å². The summed E-state index contributed by atoms with van der Waals surface area (Å²) in [4.78, 5) is 25.8. The van der Waals surface area contributed by atoms with E-state index in [4.69, 9.17) is 9.47 Å². The fourth-order valence-corrected chi connectivity index (χ4v) is 3.87. The second kappa shape index (κ2) is 9.94. The molecule has 4 rings (SSSR count). The number of rotatable bonds is 7. The van der Waals surface area contributed by atoms with E-state index in [1.165, 1.54) is 0 Å². The van der Waals surface area contributed by atoms with E-state index in [1.54, 1.807) is 12.1 Å². The van der Waals surface area contributed by atoms with Gasteiger partial charge in [0.25, 0.3) is 11.7 Å². The van der Waals surface area contributed by atoms with Gasteiger partial charge in [0.1, 0.15) is 5.75 Å². The number of aryl methyl sites for hydroxylation is 2. The number of ketones is 1. The summed E-state index contributed by atoms with van der Waals surface area (Å²) in [6.45, 7) is 6.78. The van der Waals surface area contributed by atoms with Crippen LogP contribution in [0.4, 0.5) is 5.69 Å². The summed E-state index contributed by atoms with van der Waals surface area (Å²) >= 11 is 0. The van der Waals surface area contributed by atoms with Crippen LogP contribution in [0.1, 0.15) is 27.9 Å². The summed E-state index contributed by atoms with van der Waals surface area (Å²) in [7, 11) is 0. The fraction of sp³-hybridized carbons (Fsp3) is 0.308. The van der Waals surface area contributed by atoms with Gasteiger partial charge in [-0.15, -0.1) is 0 Å². The second-order valence-electron chi connectivity index (χ2n) is 8.09. The van der Waals surface area contributed by atoms with E-state index >= 15 is 0 Å². The molecule has 1 fully saturated rings. The third-order valence-corrected chi connectivity index (χ3v) is 5.68. The summed E-state index contributed by atoms with van der Waals surface area (Å²) < 4.78 is 11.7. The molecule has 2 N–H and O–H groups in total. The third-order valence-electron chi connectivity index (χ3n) is 5.68. The van der Waals surface area contributed by atoms with Crippen molar-refractivity contribution in [2.45, 2.75) is 26.4 Å². The first kappa shape index (κ1) is 22.0. The molecule has 1 aliphatic heterocycles. The Morgan fingerprint density at radius 1 is 1.09 bits per heavy atom. The molecule has 0 spiro atoms. The van der Waals surface area contributed by atoms with E-state index in [9.17, 15) is 9.59 Å². The minimum atomic E-state index is -0.653. The van der Waals surface area contributed by atoms with Crippen molar-refractivity contribution in [2.75, 3.05) is 31.6 Å². The molecule has 166 valence electrons. The number of hydrogen-bond donors (Lipinski definition) is 2. The van der Waals surface area contributed by atoms with Crippen LogP contribution in [0, 0.1) is 13.8 Å². The molecule has 32 heavy (non-hydrogen) atoms. The van der Waals surface area contributed by atoms with Crippen molar-refractivity contribution in [1.29, 1.82) is 0 Å². The topological polar surface area (TPSA) is 76.7 Å². The number of carbonyl (C=O) groups is 2. The van der Waals surface area contributed by atoms with Gasteiger partial charge in [0, 0.05) is 36.1 Å². The van der Waals surface area contributed by atoms with Crippen LogP contribution < -0.4 is 15.4 Å². The summed E-state index contributed by atoms with van der Waals surface area (Å²) in [6, 6.07) is 16.7. The largest absolute Gasteiger partial charge is 0.493 e. The molecule has 6 heteroatoms. The average molecular weight is 433 g/mol. The summed E-state index contributed by atoms with van der Waals surface area (Å²) in [5.74, 6) is -0.536. The van der Waals surface area contributed by atoms with Gasteiger partial charge in [-0.2, -0.15) is 0 Å².